The van der Waals surface area contributed by atoms with E-state index in [0.717, 1.165) is 0 Å². The van der Waals surface area contributed by atoms with Gasteiger partial charge in [0.15, 0.2) is 5.11 Å². The molecule has 0 aromatic heterocycles. The predicted molar refractivity (Wildman–Crippen MR) is 126 cm³/mol. The fourth-order valence-corrected chi connectivity index (χ4v) is 4.46. The van der Waals surface area contributed by atoms with Crippen molar-refractivity contribution in [2.75, 3.05) is 31.6 Å². The van der Waals surface area contributed by atoms with E-state index in [9.17, 15) is 18.5 Å². The molecule has 1 aliphatic heterocycles. The van der Waals surface area contributed by atoms with Crippen LogP contribution in [0.25, 0.3) is 6.08 Å². The molecule has 168 valence electrons. The Labute approximate surface area is 190 Å². The van der Waals surface area contributed by atoms with Crippen molar-refractivity contribution in [1.29, 1.82) is 0 Å². The lowest BCUT2D eigenvalue weighted by Crippen LogP contribution is -2.40. The molecule has 0 atom stereocenters. The van der Waals surface area contributed by atoms with Crippen molar-refractivity contribution in [3.8, 4) is 0 Å². The van der Waals surface area contributed by atoms with Gasteiger partial charge in [0.05, 0.1) is 28.6 Å². The average Bonchev–Trinajstić information content (AvgIpc) is 2.80. The van der Waals surface area contributed by atoms with Crippen LogP contribution in [0.4, 0.5) is 11.4 Å². The third kappa shape index (κ3) is 6.17. The number of hydrogen-bond acceptors (Lipinski definition) is 7. The van der Waals surface area contributed by atoms with E-state index in [-0.39, 0.29) is 15.7 Å². The van der Waals surface area contributed by atoms with Crippen LogP contribution in [0.5, 0.6) is 0 Å². The van der Waals surface area contributed by atoms with Gasteiger partial charge in [0.2, 0.25) is 10.0 Å². The van der Waals surface area contributed by atoms with Crippen molar-refractivity contribution < 1.29 is 18.1 Å². The summed E-state index contributed by atoms with van der Waals surface area (Å²) in [5, 5.41) is 18.0. The Balaban J connectivity index is 1.52. The highest BCUT2D eigenvalue weighted by Crippen LogP contribution is 2.20. The SMILES string of the molecule is O=[N+]([O-])c1ccccc1/C=C/C=N/NC(=S)Nc1ccc(S(=O)(=O)N2CCOCC2)cc1. The van der Waals surface area contributed by atoms with Gasteiger partial charge in [-0.25, -0.2) is 8.42 Å². The second-order valence-electron chi connectivity index (χ2n) is 6.56. The first-order valence-corrected chi connectivity index (χ1v) is 11.4. The summed E-state index contributed by atoms with van der Waals surface area (Å²) < 4.78 is 31.9. The molecule has 0 bridgehead atoms. The molecule has 1 saturated heterocycles. The number of ether oxygens (including phenoxy) is 1. The quantitative estimate of drug-likeness (QED) is 0.271. The van der Waals surface area contributed by atoms with Crippen LogP contribution < -0.4 is 10.7 Å². The standard InChI is InChI=1S/C20H21N5O5S2/c26-25(27)19-6-2-1-4-16(19)5-3-11-21-23-20(31)22-17-7-9-18(10-8-17)32(28,29)24-12-14-30-15-13-24/h1-11H,12-15H2,(H2,22,23,31)/b5-3+,21-11+. The van der Waals surface area contributed by atoms with E-state index < -0.39 is 14.9 Å². The number of allylic oxidation sites excluding steroid dienone is 1. The van der Waals surface area contributed by atoms with Crippen molar-refractivity contribution in [3.05, 3.63) is 70.3 Å². The Morgan fingerprint density at radius 3 is 2.53 bits per heavy atom. The number of benzene rings is 2. The summed E-state index contributed by atoms with van der Waals surface area (Å²) in [7, 11) is -3.56. The minimum absolute atomic E-state index is 0.00128. The lowest BCUT2D eigenvalue weighted by molar-refractivity contribution is -0.385. The van der Waals surface area contributed by atoms with Crippen molar-refractivity contribution >= 4 is 51.0 Å². The molecule has 0 unspecified atom stereocenters. The summed E-state index contributed by atoms with van der Waals surface area (Å²) in [6, 6.07) is 12.6. The number of nitrogens with one attached hydrogen (secondary N) is 2. The maximum absolute atomic E-state index is 12.6. The zero-order chi connectivity index (χ0) is 23.0. The molecule has 2 aromatic rings. The monoisotopic (exact) mass is 475 g/mol. The van der Waals surface area contributed by atoms with Gasteiger partial charge in [0.1, 0.15) is 0 Å². The molecule has 1 heterocycles. The zero-order valence-electron chi connectivity index (χ0n) is 16.9. The van der Waals surface area contributed by atoms with Gasteiger partial charge in [-0.1, -0.05) is 12.1 Å². The number of anilines is 1. The van der Waals surface area contributed by atoms with E-state index in [2.05, 4.69) is 15.8 Å². The molecule has 3 rings (SSSR count). The first-order valence-electron chi connectivity index (χ1n) is 9.56. The second kappa shape index (κ2) is 10.9. The number of thiocarbonyl (C=S) groups is 1. The molecule has 0 aliphatic carbocycles. The largest absolute Gasteiger partial charge is 0.379 e. The van der Waals surface area contributed by atoms with E-state index in [1.807, 2.05) is 0 Å². The van der Waals surface area contributed by atoms with E-state index in [4.69, 9.17) is 17.0 Å². The van der Waals surface area contributed by atoms with Crippen LogP contribution in [-0.2, 0) is 14.8 Å². The van der Waals surface area contributed by atoms with Crippen molar-refractivity contribution in [3.63, 3.8) is 0 Å². The van der Waals surface area contributed by atoms with Crippen molar-refractivity contribution in [2.45, 2.75) is 4.90 Å². The maximum Gasteiger partial charge on any atom is 0.276 e. The number of para-hydroxylation sites is 1. The molecule has 0 spiro atoms. The smallest absolute Gasteiger partial charge is 0.276 e. The topological polar surface area (TPSA) is 126 Å². The van der Waals surface area contributed by atoms with Gasteiger partial charge in [0, 0.05) is 31.1 Å². The molecule has 1 aliphatic rings. The van der Waals surface area contributed by atoms with Crippen LogP contribution in [0.1, 0.15) is 5.56 Å². The van der Waals surface area contributed by atoms with Gasteiger partial charge in [-0.3, -0.25) is 15.5 Å². The van der Waals surface area contributed by atoms with Crippen LogP contribution in [0.15, 0.2) is 64.6 Å². The molecule has 0 radical (unpaired) electrons. The van der Waals surface area contributed by atoms with Crippen molar-refractivity contribution in [2.24, 2.45) is 5.10 Å². The summed E-state index contributed by atoms with van der Waals surface area (Å²) in [5.41, 5.74) is 3.66. The average molecular weight is 476 g/mol. The minimum atomic E-state index is -3.56. The Hall–Kier alpha value is -3.19. The Bertz CT molecular complexity index is 1130. The molecule has 0 saturated carbocycles. The van der Waals surface area contributed by atoms with Gasteiger partial charge < -0.3 is 10.1 Å². The summed E-state index contributed by atoms with van der Waals surface area (Å²) >= 11 is 5.15. The predicted octanol–water partition coefficient (Wildman–Crippen LogP) is 2.60. The summed E-state index contributed by atoms with van der Waals surface area (Å²) in [6.45, 7) is 1.44. The third-order valence-electron chi connectivity index (χ3n) is 4.46. The van der Waals surface area contributed by atoms with Gasteiger partial charge >= 0.3 is 0 Å². The summed E-state index contributed by atoms with van der Waals surface area (Å²) in [6.07, 6.45) is 4.51. The molecule has 10 nitrogen and oxygen atoms in total. The zero-order valence-corrected chi connectivity index (χ0v) is 18.5. The molecular formula is C20H21N5O5S2. The fourth-order valence-electron chi connectivity index (χ4n) is 2.89. The molecule has 0 amide bonds. The van der Waals surface area contributed by atoms with Gasteiger partial charge in [-0.15, -0.1) is 0 Å². The lowest BCUT2D eigenvalue weighted by atomic mass is 10.2. The maximum atomic E-state index is 12.6. The number of nitro groups is 1. The van der Waals surface area contributed by atoms with Crippen LogP contribution in [0.3, 0.4) is 0 Å². The molecule has 2 aromatic carbocycles. The molecule has 12 heteroatoms. The number of sulfonamides is 1. The number of nitrogens with zero attached hydrogens (tertiary/aromatic N) is 3. The van der Waals surface area contributed by atoms with Crippen LogP contribution in [-0.4, -0.2) is 55.3 Å². The molecule has 2 N–H and O–H groups in total. The van der Waals surface area contributed by atoms with Gasteiger partial charge in [0.25, 0.3) is 5.69 Å². The number of rotatable bonds is 7. The lowest BCUT2D eigenvalue weighted by Gasteiger charge is -2.26. The van der Waals surface area contributed by atoms with Gasteiger partial charge in [-0.2, -0.15) is 9.41 Å². The van der Waals surface area contributed by atoms with E-state index >= 15 is 0 Å². The Morgan fingerprint density at radius 2 is 1.84 bits per heavy atom. The number of hydrazone groups is 1. The third-order valence-corrected chi connectivity index (χ3v) is 6.56. The first-order chi connectivity index (χ1) is 15.4. The fraction of sp³-hybridized carbons (Fsp3) is 0.200. The Kier molecular flexibility index (Phi) is 8.00. The highest BCUT2D eigenvalue weighted by Gasteiger charge is 2.26. The normalized spacial score (nSPS) is 15.1. The summed E-state index contributed by atoms with van der Waals surface area (Å²) in [5.74, 6) is 0. The van der Waals surface area contributed by atoms with Crippen LogP contribution >= 0.6 is 12.2 Å². The number of morpholine rings is 1. The molecule has 32 heavy (non-hydrogen) atoms. The molecule has 1 fully saturated rings. The summed E-state index contributed by atoms with van der Waals surface area (Å²) in [4.78, 5) is 10.7. The minimum Gasteiger partial charge on any atom is -0.379 e. The van der Waals surface area contributed by atoms with Gasteiger partial charge in [-0.05, 0) is 54.7 Å². The van der Waals surface area contributed by atoms with E-state index in [0.29, 0.717) is 37.6 Å². The van der Waals surface area contributed by atoms with Crippen molar-refractivity contribution in [1.82, 2.24) is 9.73 Å². The van der Waals surface area contributed by atoms with E-state index in [1.165, 1.54) is 28.7 Å². The van der Waals surface area contributed by atoms with Crippen LogP contribution in [0.2, 0.25) is 0 Å². The number of nitro benzene ring substituents is 1. The second-order valence-corrected chi connectivity index (χ2v) is 8.91. The highest BCUT2D eigenvalue weighted by molar-refractivity contribution is 7.89. The van der Waals surface area contributed by atoms with Crippen LogP contribution in [0, 0.1) is 10.1 Å². The van der Waals surface area contributed by atoms with E-state index in [1.54, 1.807) is 42.5 Å². The highest BCUT2D eigenvalue weighted by atomic mass is 32.2. The number of hydrogen-bond donors (Lipinski definition) is 2. The molecular weight excluding hydrogens is 454 g/mol. The first kappa shape index (κ1) is 23.5. The Morgan fingerprint density at radius 1 is 1.16 bits per heavy atom.